The number of nitrogens with one attached hydrogen (secondary N) is 1. The van der Waals surface area contributed by atoms with Crippen LogP contribution in [0.25, 0.3) is 0 Å². The van der Waals surface area contributed by atoms with Gasteiger partial charge in [0.15, 0.2) is 0 Å². The maximum absolute atomic E-state index is 12.6. The minimum atomic E-state index is 0.185. The lowest BCUT2D eigenvalue weighted by Gasteiger charge is -2.34. The van der Waals surface area contributed by atoms with Crippen LogP contribution in [0, 0.1) is 6.92 Å². The van der Waals surface area contributed by atoms with Crippen LogP contribution in [-0.2, 0) is 17.8 Å². The first-order chi connectivity index (χ1) is 12.1. The highest BCUT2D eigenvalue weighted by molar-refractivity contribution is 5.79. The predicted molar refractivity (Wildman–Crippen MR) is 99.7 cm³/mol. The quantitative estimate of drug-likeness (QED) is 0.911. The SMILES string of the molecule is Cc1ccccc1COc1cccc(CC(=O)N2CCNCC2C)c1. The van der Waals surface area contributed by atoms with Crippen LogP contribution < -0.4 is 10.1 Å². The Labute approximate surface area is 149 Å². The molecule has 2 aromatic carbocycles. The third kappa shape index (κ3) is 4.60. The summed E-state index contributed by atoms with van der Waals surface area (Å²) in [5, 5.41) is 3.32. The van der Waals surface area contributed by atoms with E-state index >= 15 is 0 Å². The minimum absolute atomic E-state index is 0.185. The molecule has 0 saturated carbocycles. The van der Waals surface area contributed by atoms with Crippen molar-refractivity contribution in [3.8, 4) is 5.75 Å². The standard InChI is InChI=1S/C21H26N2O2/c1-16-6-3-4-8-19(16)15-25-20-9-5-7-18(12-20)13-21(24)23-11-10-22-14-17(23)2/h3-9,12,17,22H,10-11,13-15H2,1-2H3. The summed E-state index contributed by atoms with van der Waals surface area (Å²) in [7, 11) is 0. The second-order valence-corrected chi connectivity index (χ2v) is 6.68. The number of carbonyl (C=O) groups excluding carboxylic acids is 1. The van der Waals surface area contributed by atoms with E-state index in [-0.39, 0.29) is 11.9 Å². The van der Waals surface area contributed by atoms with E-state index in [0.29, 0.717) is 13.0 Å². The maximum atomic E-state index is 12.6. The minimum Gasteiger partial charge on any atom is -0.489 e. The molecule has 1 N–H and O–H groups in total. The fourth-order valence-corrected chi connectivity index (χ4v) is 3.17. The van der Waals surface area contributed by atoms with Gasteiger partial charge in [-0.3, -0.25) is 4.79 Å². The molecule has 4 nitrogen and oxygen atoms in total. The van der Waals surface area contributed by atoms with Crippen molar-refractivity contribution in [3.05, 3.63) is 65.2 Å². The third-order valence-corrected chi connectivity index (χ3v) is 4.73. The van der Waals surface area contributed by atoms with Crippen molar-refractivity contribution in [2.24, 2.45) is 0 Å². The van der Waals surface area contributed by atoms with Crippen LogP contribution in [0.4, 0.5) is 0 Å². The van der Waals surface area contributed by atoms with Crippen molar-refractivity contribution in [3.63, 3.8) is 0 Å². The van der Waals surface area contributed by atoms with Gasteiger partial charge < -0.3 is 15.0 Å². The van der Waals surface area contributed by atoms with E-state index in [4.69, 9.17) is 4.74 Å². The third-order valence-electron chi connectivity index (χ3n) is 4.73. The summed E-state index contributed by atoms with van der Waals surface area (Å²) in [4.78, 5) is 14.5. The van der Waals surface area contributed by atoms with E-state index in [9.17, 15) is 4.79 Å². The van der Waals surface area contributed by atoms with Gasteiger partial charge >= 0.3 is 0 Å². The highest BCUT2D eigenvalue weighted by Crippen LogP contribution is 2.18. The number of amides is 1. The molecule has 1 amide bonds. The van der Waals surface area contributed by atoms with Crippen LogP contribution >= 0.6 is 0 Å². The number of carbonyl (C=O) groups is 1. The molecule has 1 aliphatic heterocycles. The Morgan fingerprint density at radius 3 is 2.88 bits per heavy atom. The molecule has 0 spiro atoms. The van der Waals surface area contributed by atoms with Gasteiger partial charge in [-0.15, -0.1) is 0 Å². The Balaban J connectivity index is 1.61. The second-order valence-electron chi connectivity index (χ2n) is 6.68. The summed E-state index contributed by atoms with van der Waals surface area (Å²) in [5.74, 6) is 0.993. The Morgan fingerprint density at radius 1 is 1.24 bits per heavy atom. The molecule has 1 heterocycles. The van der Waals surface area contributed by atoms with Gasteiger partial charge in [-0.05, 0) is 42.7 Å². The molecular formula is C21H26N2O2. The first-order valence-corrected chi connectivity index (χ1v) is 8.90. The molecule has 1 unspecified atom stereocenters. The molecule has 0 aromatic heterocycles. The zero-order valence-corrected chi connectivity index (χ0v) is 15.0. The van der Waals surface area contributed by atoms with Gasteiger partial charge in [0.1, 0.15) is 12.4 Å². The zero-order valence-electron chi connectivity index (χ0n) is 15.0. The van der Waals surface area contributed by atoms with Crippen LogP contribution in [0.5, 0.6) is 5.75 Å². The number of ether oxygens (including phenoxy) is 1. The Hall–Kier alpha value is -2.33. The number of nitrogens with zero attached hydrogens (tertiary/aromatic N) is 1. The lowest BCUT2D eigenvalue weighted by Crippen LogP contribution is -2.52. The molecule has 1 atom stereocenters. The Kier molecular flexibility index (Phi) is 5.71. The van der Waals surface area contributed by atoms with E-state index in [1.54, 1.807) is 0 Å². The molecule has 3 rings (SSSR count). The fraction of sp³-hybridized carbons (Fsp3) is 0.381. The van der Waals surface area contributed by atoms with E-state index in [1.165, 1.54) is 11.1 Å². The van der Waals surface area contributed by atoms with Crippen molar-refractivity contribution >= 4 is 5.91 Å². The number of rotatable bonds is 5. The summed E-state index contributed by atoms with van der Waals surface area (Å²) >= 11 is 0. The number of aryl methyl sites for hydroxylation is 1. The number of benzene rings is 2. The molecule has 1 fully saturated rings. The molecule has 2 aromatic rings. The Bertz CT molecular complexity index is 729. The summed E-state index contributed by atoms with van der Waals surface area (Å²) in [6, 6.07) is 16.3. The molecule has 1 aliphatic rings. The van der Waals surface area contributed by atoms with Gasteiger partial charge in [-0.25, -0.2) is 0 Å². The largest absolute Gasteiger partial charge is 0.489 e. The molecule has 1 saturated heterocycles. The molecular weight excluding hydrogens is 312 g/mol. The van der Waals surface area contributed by atoms with Gasteiger partial charge in [-0.1, -0.05) is 36.4 Å². The van der Waals surface area contributed by atoms with E-state index in [0.717, 1.165) is 30.9 Å². The second kappa shape index (κ2) is 8.17. The van der Waals surface area contributed by atoms with Gasteiger partial charge in [0.05, 0.1) is 6.42 Å². The smallest absolute Gasteiger partial charge is 0.227 e. The van der Waals surface area contributed by atoms with Crippen molar-refractivity contribution in [2.75, 3.05) is 19.6 Å². The normalized spacial score (nSPS) is 17.4. The van der Waals surface area contributed by atoms with Crippen molar-refractivity contribution in [1.82, 2.24) is 10.2 Å². The van der Waals surface area contributed by atoms with Crippen LogP contribution in [0.3, 0.4) is 0 Å². The first kappa shape index (κ1) is 17.5. The average Bonchev–Trinajstić information content (AvgIpc) is 2.62. The number of piperazine rings is 1. The molecule has 0 bridgehead atoms. The maximum Gasteiger partial charge on any atom is 0.227 e. The van der Waals surface area contributed by atoms with E-state index in [2.05, 4.69) is 31.3 Å². The molecule has 25 heavy (non-hydrogen) atoms. The van der Waals surface area contributed by atoms with Crippen LogP contribution in [0.1, 0.15) is 23.6 Å². The van der Waals surface area contributed by atoms with Crippen molar-refractivity contribution in [1.29, 1.82) is 0 Å². The molecule has 0 radical (unpaired) electrons. The molecule has 4 heteroatoms. The van der Waals surface area contributed by atoms with Crippen LogP contribution in [-0.4, -0.2) is 36.5 Å². The number of hydrogen-bond donors (Lipinski definition) is 1. The van der Waals surface area contributed by atoms with Crippen molar-refractivity contribution in [2.45, 2.75) is 32.9 Å². The van der Waals surface area contributed by atoms with Gasteiger partial charge in [-0.2, -0.15) is 0 Å². The number of hydrogen-bond acceptors (Lipinski definition) is 3. The lowest BCUT2D eigenvalue weighted by atomic mass is 10.1. The zero-order chi connectivity index (χ0) is 17.6. The highest BCUT2D eigenvalue weighted by Gasteiger charge is 2.22. The molecule has 0 aliphatic carbocycles. The summed E-state index contributed by atoms with van der Waals surface area (Å²) in [6.45, 7) is 7.23. The van der Waals surface area contributed by atoms with Gasteiger partial charge in [0.25, 0.3) is 0 Å². The average molecular weight is 338 g/mol. The summed E-state index contributed by atoms with van der Waals surface area (Å²) in [5.41, 5.74) is 3.40. The topological polar surface area (TPSA) is 41.6 Å². The summed E-state index contributed by atoms with van der Waals surface area (Å²) < 4.78 is 5.93. The van der Waals surface area contributed by atoms with Crippen LogP contribution in [0.2, 0.25) is 0 Å². The van der Waals surface area contributed by atoms with Gasteiger partial charge in [0, 0.05) is 25.7 Å². The molecule has 132 valence electrons. The lowest BCUT2D eigenvalue weighted by molar-refractivity contribution is -0.133. The first-order valence-electron chi connectivity index (χ1n) is 8.90. The highest BCUT2D eigenvalue weighted by atomic mass is 16.5. The predicted octanol–water partition coefficient (Wildman–Crippen LogP) is 2.94. The van der Waals surface area contributed by atoms with Crippen molar-refractivity contribution < 1.29 is 9.53 Å². The van der Waals surface area contributed by atoms with Gasteiger partial charge in [0.2, 0.25) is 5.91 Å². The monoisotopic (exact) mass is 338 g/mol. The summed E-state index contributed by atoms with van der Waals surface area (Å²) in [6.07, 6.45) is 0.423. The van der Waals surface area contributed by atoms with Crippen LogP contribution in [0.15, 0.2) is 48.5 Å². The Morgan fingerprint density at radius 2 is 2.08 bits per heavy atom. The van der Waals surface area contributed by atoms with E-state index < -0.39 is 0 Å². The van der Waals surface area contributed by atoms with E-state index in [1.807, 2.05) is 41.3 Å². The fourth-order valence-electron chi connectivity index (χ4n) is 3.17.